The smallest absolute Gasteiger partial charge is 0.341 e. The predicted molar refractivity (Wildman–Crippen MR) is 73.2 cm³/mol. The molecule has 0 radical (unpaired) electrons. The van der Waals surface area contributed by atoms with Crippen molar-refractivity contribution in [1.29, 1.82) is 0 Å². The van der Waals surface area contributed by atoms with Crippen molar-refractivity contribution in [3.63, 3.8) is 0 Å². The second-order valence-corrected chi connectivity index (χ2v) is 5.30. The molecule has 2 aromatic rings. The van der Waals surface area contributed by atoms with E-state index in [1.807, 2.05) is 11.5 Å². The van der Waals surface area contributed by atoms with Gasteiger partial charge in [0.05, 0.1) is 5.52 Å². The van der Waals surface area contributed by atoms with Crippen LogP contribution in [-0.4, -0.2) is 15.6 Å². The summed E-state index contributed by atoms with van der Waals surface area (Å²) in [6, 6.07) is 3.45. The van der Waals surface area contributed by atoms with Crippen LogP contribution in [0.4, 0.5) is 0 Å². The van der Waals surface area contributed by atoms with Gasteiger partial charge >= 0.3 is 5.97 Å². The van der Waals surface area contributed by atoms with Crippen LogP contribution in [0, 0.1) is 0 Å². The molecule has 1 atom stereocenters. The fourth-order valence-electron chi connectivity index (χ4n) is 2.73. The maximum Gasteiger partial charge on any atom is 0.341 e. The van der Waals surface area contributed by atoms with Crippen LogP contribution in [0.25, 0.3) is 10.9 Å². The Bertz CT molecular complexity index is 763. The summed E-state index contributed by atoms with van der Waals surface area (Å²) in [5.74, 6) is -1.19. The maximum absolute atomic E-state index is 12.2. The van der Waals surface area contributed by atoms with Crippen LogP contribution in [0.15, 0.2) is 23.1 Å². The molecule has 0 bridgehead atoms. The molecule has 19 heavy (non-hydrogen) atoms. The molecule has 0 saturated heterocycles. The van der Waals surface area contributed by atoms with Crippen molar-refractivity contribution in [3.8, 4) is 0 Å². The summed E-state index contributed by atoms with van der Waals surface area (Å²) in [5, 5.41) is 10.2. The van der Waals surface area contributed by atoms with E-state index in [4.69, 9.17) is 16.7 Å². The van der Waals surface area contributed by atoms with Crippen molar-refractivity contribution in [2.75, 3.05) is 0 Å². The first kappa shape index (κ1) is 12.2. The van der Waals surface area contributed by atoms with Gasteiger partial charge in [0.15, 0.2) is 0 Å². The molecule has 4 nitrogen and oxygen atoms in total. The number of carboxylic acids is 1. The fraction of sp³-hybridized carbons (Fsp3) is 0.286. The zero-order valence-electron chi connectivity index (χ0n) is 10.3. The number of aromatic nitrogens is 1. The van der Waals surface area contributed by atoms with E-state index in [0.29, 0.717) is 10.4 Å². The number of carboxylic acid groups (broad SMARTS) is 1. The molecule has 5 heteroatoms. The molecule has 0 saturated carbocycles. The normalized spacial score (nSPS) is 17.7. The second-order valence-electron chi connectivity index (χ2n) is 4.89. The van der Waals surface area contributed by atoms with E-state index in [0.717, 1.165) is 23.9 Å². The van der Waals surface area contributed by atoms with Crippen LogP contribution in [-0.2, 0) is 6.42 Å². The highest BCUT2D eigenvalue weighted by Crippen LogP contribution is 2.33. The van der Waals surface area contributed by atoms with Crippen molar-refractivity contribution in [3.05, 3.63) is 44.7 Å². The van der Waals surface area contributed by atoms with Crippen molar-refractivity contribution >= 4 is 28.5 Å². The second kappa shape index (κ2) is 4.10. The van der Waals surface area contributed by atoms with Crippen molar-refractivity contribution in [2.24, 2.45) is 0 Å². The molecular formula is C14H12ClNO3. The Labute approximate surface area is 114 Å². The quantitative estimate of drug-likeness (QED) is 0.872. The van der Waals surface area contributed by atoms with E-state index >= 15 is 0 Å². The Kier molecular flexibility index (Phi) is 2.64. The van der Waals surface area contributed by atoms with Crippen molar-refractivity contribution < 1.29 is 9.90 Å². The first-order valence-electron chi connectivity index (χ1n) is 6.10. The third kappa shape index (κ3) is 1.67. The average Bonchev–Trinajstić information content (AvgIpc) is 2.37. The van der Waals surface area contributed by atoms with Crippen LogP contribution in [0.3, 0.4) is 0 Å². The monoisotopic (exact) mass is 277 g/mol. The first-order valence-corrected chi connectivity index (χ1v) is 6.48. The lowest BCUT2D eigenvalue weighted by Gasteiger charge is -2.26. The minimum absolute atomic E-state index is 0.159. The van der Waals surface area contributed by atoms with Gasteiger partial charge in [-0.2, -0.15) is 0 Å². The number of hydrogen-bond acceptors (Lipinski definition) is 2. The summed E-state index contributed by atoms with van der Waals surface area (Å²) >= 11 is 6.18. The number of halogens is 1. The Hall–Kier alpha value is -1.81. The van der Waals surface area contributed by atoms with Crippen LogP contribution >= 0.6 is 11.6 Å². The molecule has 0 amide bonds. The summed E-state index contributed by atoms with van der Waals surface area (Å²) in [6.45, 7) is 2.01. The molecule has 0 fully saturated rings. The Morgan fingerprint density at radius 3 is 2.89 bits per heavy atom. The van der Waals surface area contributed by atoms with Crippen molar-refractivity contribution in [2.45, 2.75) is 25.8 Å². The van der Waals surface area contributed by atoms with Gasteiger partial charge in [0.25, 0.3) is 0 Å². The molecule has 3 rings (SSSR count). The minimum atomic E-state index is -1.19. The number of hydrogen-bond donors (Lipinski definition) is 1. The molecule has 1 aliphatic heterocycles. The number of benzene rings is 1. The number of pyridine rings is 1. The fourth-order valence-corrected chi connectivity index (χ4v) is 2.97. The highest BCUT2D eigenvalue weighted by molar-refractivity contribution is 6.32. The van der Waals surface area contributed by atoms with Crippen LogP contribution in [0.2, 0.25) is 5.02 Å². The lowest BCUT2D eigenvalue weighted by Crippen LogP contribution is -2.23. The molecule has 1 unspecified atom stereocenters. The average molecular weight is 278 g/mol. The highest BCUT2D eigenvalue weighted by Gasteiger charge is 2.23. The Morgan fingerprint density at radius 1 is 1.47 bits per heavy atom. The van der Waals surface area contributed by atoms with E-state index < -0.39 is 11.4 Å². The molecule has 0 aliphatic carbocycles. The number of carbonyl (C=O) groups is 1. The van der Waals surface area contributed by atoms with Gasteiger partial charge in [-0.15, -0.1) is 0 Å². The van der Waals surface area contributed by atoms with Gasteiger partial charge in [-0.05, 0) is 37.5 Å². The number of nitrogens with zero attached hydrogens (tertiary/aromatic N) is 1. The van der Waals surface area contributed by atoms with Gasteiger partial charge in [0.1, 0.15) is 5.56 Å². The van der Waals surface area contributed by atoms with E-state index in [2.05, 4.69) is 0 Å². The Morgan fingerprint density at radius 2 is 2.21 bits per heavy atom. The zero-order chi connectivity index (χ0) is 13.7. The summed E-state index contributed by atoms with van der Waals surface area (Å²) in [5.41, 5.74) is 1.09. The van der Waals surface area contributed by atoms with E-state index in [1.165, 1.54) is 6.20 Å². The van der Waals surface area contributed by atoms with Crippen LogP contribution in [0.1, 0.15) is 35.3 Å². The molecule has 98 valence electrons. The number of rotatable bonds is 1. The maximum atomic E-state index is 12.2. The lowest BCUT2D eigenvalue weighted by molar-refractivity contribution is 0.0694. The standard InChI is InChI=1S/C14H12ClNO3/c1-7-2-3-8-11(15)5-4-9-12(8)16(7)6-10(13(9)17)14(18)19/h4-7H,2-3H2,1H3,(H,18,19). The van der Waals surface area contributed by atoms with Gasteiger partial charge in [-0.25, -0.2) is 4.79 Å². The topological polar surface area (TPSA) is 59.3 Å². The van der Waals surface area contributed by atoms with E-state index in [1.54, 1.807) is 12.1 Å². The number of aromatic carboxylic acids is 1. The summed E-state index contributed by atoms with van der Waals surface area (Å²) < 4.78 is 1.87. The third-order valence-electron chi connectivity index (χ3n) is 3.76. The summed E-state index contributed by atoms with van der Waals surface area (Å²) in [7, 11) is 0. The van der Waals surface area contributed by atoms with Gasteiger partial charge in [0, 0.05) is 22.6 Å². The Balaban J connectivity index is 2.54. The zero-order valence-corrected chi connectivity index (χ0v) is 11.1. The highest BCUT2D eigenvalue weighted by atomic mass is 35.5. The summed E-state index contributed by atoms with van der Waals surface area (Å²) in [6.07, 6.45) is 3.13. The number of aryl methyl sites for hydroxylation is 1. The molecule has 2 heterocycles. The minimum Gasteiger partial charge on any atom is -0.477 e. The van der Waals surface area contributed by atoms with Crippen LogP contribution in [0.5, 0.6) is 0 Å². The molecule has 1 aromatic heterocycles. The van der Waals surface area contributed by atoms with Gasteiger partial charge in [-0.1, -0.05) is 11.6 Å². The molecular weight excluding hydrogens is 266 g/mol. The van der Waals surface area contributed by atoms with Gasteiger partial charge in [0.2, 0.25) is 5.43 Å². The molecule has 1 aliphatic rings. The first-order chi connectivity index (χ1) is 9.00. The summed E-state index contributed by atoms with van der Waals surface area (Å²) in [4.78, 5) is 23.4. The van der Waals surface area contributed by atoms with Crippen molar-refractivity contribution in [1.82, 2.24) is 4.57 Å². The predicted octanol–water partition coefficient (Wildman–Crippen LogP) is 2.86. The van der Waals surface area contributed by atoms with Gasteiger partial charge in [-0.3, -0.25) is 4.79 Å². The lowest BCUT2D eigenvalue weighted by atomic mass is 9.96. The molecule has 1 N–H and O–H groups in total. The van der Waals surface area contributed by atoms with E-state index in [-0.39, 0.29) is 11.6 Å². The van der Waals surface area contributed by atoms with Gasteiger partial charge < -0.3 is 9.67 Å². The third-order valence-corrected chi connectivity index (χ3v) is 4.11. The molecule has 1 aromatic carbocycles. The largest absolute Gasteiger partial charge is 0.477 e. The molecule has 0 spiro atoms. The van der Waals surface area contributed by atoms with Crippen LogP contribution < -0.4 is 5.43 Å². The SMILES string of the molecule is CC1CCc2c(Cl)ccc3c(=O)c(C(=O)O)cn1c23. The van der Waals surface area contributed by atoms with E-state index in [9.17, 15) is 9.59 Å².